The van der Waals surface area contributed by atoms with Crippen molar-refractivity contribution < 1.29 is 19.1 Å². The molecule has 3 amide bonds. The Hall–Kier alpha value is -2.22. The van der Waals surface area contributed by atoms with Crippen molar-refractivity contribution in [1.82, 2.24) is 15.5 Å². The minimum absolute atomic E-state index is 0.0563. The van der Waals surface area contributed by atoms with E-state index in [9.17, 15) is 14.4 Å². The van der Waals surface area contributed by atoms with Crippen LogP contribution in [0.5, 0.6) is 0 Å². The quantitative estimate of drug-likeness (QED) is 0.458. The average molecular weight is 480 g/mol. The molecule has 1 aromatic rings. The maximum atomic E-state index is 13.9. The van der Waals surface area contributed by atoms with E-state index in [2.05, 4.69) is 23.3 Å². The number of benzene rings is 1. The van der Waals surface area contributed by atoms with Crippen LogP contribution in [0.4, 0.5) is 4.79 Å². The van der Waals surface area contributed by atoms with E-state index in [0.29, 0.717) is 12.0 Å². The van der Waals surface area contributed by atoms with Crippen LogP contribution < -0.4 is 10.6 Å². The number of nitrogens with zero attached hydrogens (tertiary/aromatic N) is 1. The van der Waals surface area contributed by atoms with Crippen molar-refractivity contribution in [3.63, 3.8) is 0 Å². The first-order valence-corrected chi connectivity index (χ1v) is 12.1. The monoisotopic (exact) mass is 479 g/mol. The van der Waals surface area contributed by atoms with E-state index < -0.39 is 35.2 Å². The van der Waals surface area contributed by atoms with Crippen LogP contribution in [0, 0.1) is 6.92 Å². The molecule has 0 saturated carbocycles. The highest BCUT2D eigenvalue weighted by Gasteiger charge is 2.43. The minimum Gasteiger partial charge on any atom is -0.444 e. The lowest BCUT2D eigenvalue weighted by Crippen LogP contribution is -2.60. The number of hydrogen-bond donors (Lipinski definition) is 3. The van der Waals surface area contributed by atoms with Crippen LogP contribution in [0.3, 0.4) is 0 Å². The van der Waals surface area contributed by atoms with Crippen LogP contribution in [0.1, 0.15) is 79.0 Å². The van der Waals surface area contributed by atoms with Crippen molar-refractivity contribution >= 4 is 30.5 Å². The van der Waals surface area contributed by atoms with Gasteiger partial charge in [-0.3, -0.25) is 9.59 Å². The Morgan fingerprint density at radius 2 is 1.70 bits per heavy atom. The van der Waals surface area contributed by atoms with E-state index in [4.69, 9.17) is 4.74 Å². The van der Waals surface area contributed by atoms with Gasteiger partial charge in [-0.05, 0) is 67.4 Å². The summed E-state index contributed by atoms with van der Waals surface area (Å²) < 4.78 is 5.34. The molecular weight excluding hydrogens is 438 g/mol. The standard InChI is InChI=1S/C25H41N3O4S/c1-10-25(8,9)28(22(30)19(15-33)27-23(31)32-24(5,6)7)20(21(29)26-16(2)3)18-13-11-12-17(4)14-18/h11-14,16,19-20,33H,10,15H2,1-9H3,(H,26,29)(H,27,31). The third-order valence-corrected chi connectivity index (χ3v) is 5.59. The maximum absolute atomic E-state index is 13.9. The zero-order valence-electron chi connectivity index (χ0n) is 21.5. The molecule has 0 radical (unpaired) electrons. The van der Waals surface area contributed by atoms with Crippen LogP contribution in [0.15, 0.2) is 24.3 Å². The third kappa shape index (κ3) is 8.57. The third-order valence-electron chi connectivity index (χ3n) is 5.22. The van der Waals surface area contributed by atoms with E-state index >= 15 is 0 Å². The molecule has 186 valence electrons. The second kappa shape index (κ2) is 11.8. The molecule has 2 unspecified atom stereocenters. The van der Waals surface area contributed by atoms with Gasteiger partial charge in [-0.25, -0.2) is 4.79 Å². The first-order valence-electron chi connectivity index (χ1n) is 11.4. The highest BCUT2D eigenvalue weighted by atomic mass is 32.1. The number of aryl methyl sites for hydroxylation is 1. The molecule has 0 aliphatic heterocycles. The van der Waals surface area contributed by atoms with Crippen LogP contribution >= 0.6 is 12.6 Å². The van der Waals surface area contributed by atoms with Crippen LogP contribution in [0.25, 0.3) is 0 Å². The van der Waals surface area contributed by atoms with E-state index in [1.54, 1.807) is 25.7 Å². The van der Waals surface area contributed by atoms with Gasteiger partial charge in [0, 0.05) is 17.3 Å². The van der Waals surface area contributed by atoms with E-state index in [1.165, 1.54) is 0 Å². The highest BCUT2D eigenvalue weighted by molar-refractivity contribution is 7.80. The molecule has 1 aromatic carbocycles. The van der Waals surface area contributed by atoms with Crippen molar-refractivity contribution in [3.05, 3.63) is 35.4 Å². The molecule has 2 N–H and O–H groups in total. The smallest absolute Gasteiger partial charge is 0.408 e. The molecule has 0 aliphatic rings. The predicted octanol–water partition coefficient (Wildman–Crippen LogP) is 4.40. The Morgan fingerprint density at radius 3 is 2.15 bits per heavy atom. The fourth-order valence-electron chi connectivity index (χ4n) is 3.37. The Labute approximate surface area is 204 Å². The van der Waals surface area contributed by atoms with Crippen molar-refractivity contribution in [2.75, 3.05) is 5.75 Å². The Balaban J connectivity index is 3.53. The Kier molecular flexibility index (Phi) is 10.3. The predicted molar refractivity (Wildman–Crippen MR) is 135 cm³/mol. The molecule has 1 rings (SSSR count). The normalized spacial score (nSPS) is 13.8. The van der Waals surface area contributed by atoms with Crippen molar-refractivity contribution in [2.24, 2.45) is 0 Å². The van der Waals surface area contributed by atoms with Crippen molar-refractivity contribution in [1.29, 1.82) is 0 Å². The fraction of sp³-hybridized carbons (Fsp3) is 0.640. The number of nitrogens with one attached hydrogen (secondary N) is 2. The molecule has 33 heavy (non-hydrogen) atoms. The highest BCUT2D eigenvalue weighted by Crippen LogP contribution is 2.32. The summed E-state index contributed by atoms with van der Waals surface area (Å²) in [5, 5.41) is 5.59. The molecule has 0 spiro atoms. The second-order valence-corrected chi connectivity index (χ2v) is 10.6. The number of hydrogen-bond acceptors (Lipinski definition) is 5. The van der Waals surface area contributed by atoms with Crippen LogP contribution in [-0.4, -0.2) is 51.8 Å². The summed E-state index contributed by atoms with van der Waals surface area (Å²) in [6.45, 7) is 16.7. The largest absolute Gasteiger partial charge is 0.444 e. The Morgan fingerprint density at radius 1 is 1.09 bits per heavy atom. The number of amides is 3. The summed E-state index contributed by atoms with van der Waals surface area (Å²) >= 11 is 4.32. The molecule has 0 bridgehead atoms. The Bertz CT molecular complexity index is 833. The molecule has 8 heteroatoms. The second-order valence-electron chi connectivity index (χ2n) is 10.2. The lowest BCUT2D eigenvalue weighted by atomic mass is 9.91. The number of carbonyl (C=O) groups is 3. The van der Waals surface area contributed by atoms with Gasteiger partial charge in [0.05, 0.1) is 0 Å². The summed E-state index contributed by atoms with van der Waals surface area (Å²) in [6, 6.07) is 5.63. The molecule has 2 atom stereocenters. The van der Waals surface area contributed by atoms with Gasteiger partial charge in [0.25, 0.3) is 0 Å². The molecule has 0 aromatic heterocycles. The molecule has 0 heterocycles. The van der Waals surface area contributed by atoms with Crippen molar-refractivity contribution in [2.45, 2.75) is 98.0 Å². The van der Waals surface area contributed by atoms with Crippen LogP contribution in [0.2, 0.25) is 0 Å². The number of alkyl carbamates (subject to hydrolysis) is 1. The number of rotatable bonds is 9. The van der Waals surface area contributed by atoms with Gasteiger partial charge in [-0.15, -0.1) is 0 Å². The zero-order valence-corrected chi connectivity index (χ0v) is 22.4. The van der Waals surface area contributed by atoms with E-state index in [-0.39, 0.29) is 17.7 Å². The van der Waals surface area contributed by atoms with E-state index in [0.717, 1.165) is 5.56 Å². The van der Waals surface area contributed by atoms with Gasteiger partial charge in [0.15, 0.2) is 0 Å². The van der Waals surface area contributed by atoms with Gasteiger partial charge >= 0.3 is 6.09 Å². The summed E-state index contributed by atoms with van der Waals surface area (Å²) in [7, 11) is 0. The summed E-state index contributed by atoms with van der Waals surface area (Å²) in [5.74, 6) is -0.616. The molecule has 7 nitrogen and oxygen atoms in total. The lowest BCUT2D eigenvalue weighted by Gasteiger charge is -2.44. The summed E-state index contributed by atoms with van der Waals surface area (Å²) in [5.41, 5.74) is 0.293. The van der Waals surface area contributed by atoms with Gasteiger partial charge < -0.3 is 20.3 Å². The summed E-state index contributed by atoms with van der Waals surface area (Å²) in [4.78, 5) is 41.4. The molecule has 0 saturated heterocycles. The number of thiol groups is 1. The lowest BCUT2D eigenvalue weighted by molar-refractivity contribution is -0.149. The fourth-order valence-corrected chi connectivity index (χ4v) is 3.62. The van der Waals surface area contributed by atoms with Gasteiger partial charge in [-0.1, -0.05) is 36.8 Å². The average Bonchev–Trinajstić information content (AvgIpc) is 2.67. The number of ether oxygens (including phenoxy) is 1. The molecular formula is C25H41N3O4S. The SMILES string of the molecule is CCC(C)(C)N(C(=O)C(CS)NC(=O)OC(C)(C)C)C(C(=O)NC(C)C)c1cccc(C)c1. The van der Waals surface area contributed by atoms with E-state index in [1.807, 2.05) is 65.8 Å². The zero-order chi connectivity index (χ0) is 25.6. The number of carbonyl (C=O) groups excluding carboxylic acids is 3. The maximum Gasteiger partial charge on any atom is 0.408 e. The van der Waals surface area contributed by atoms with Gasteiger partial charge in [-0.2, -0.15) is 12.6 Å². The molecule has 0 fully saturated rings. The first kappa shape index (κ1) is 28.8. The molecule has 0 aliphatic carbocycles. The minimum atomic E-state index is -0.965. The first-order chi connectivity index (χ1) is 15.1. The van der Waals surface area contributed by atoms with Gasteiger partial charge in [0.1, 0.15) is 17.7 Å². The topological polar surface area (TPSA) is 87.7 Å². The van der Waals surface area contributed by atoms with Gasteiger partial charge in [0.2, 0.25) is 11.8 Å². The van der Waals surface area contributed by atoms with Crippen LogP contribution in [-0.2, 0) is 14.3 Å². The van der Waals surface area contributed by atoms with Crippen molar-refractivity contribution in [3.8, 4) is 0 Å². The summed E-state index contributed by atoms with van der Waals surface area (Å²) in [6.07, 6.45) is -0.107.